The van der Waals surface area contributed by atoms with E-state index in [1.54, 1.807) is 0 Å². The number of ether oxygens (including phenoxy) is 2. The van der Waals surface area contributed by atoms with Gasteiger partial charge < -0.3 is 20.1 Å². The van der Waals surface area contributed by atoms with Gasteiger partial charge in [0.1, 0.15) is 11.2 Å². The number of hydrogen-bond donors (Lipinski definition) is 1. The van der Waals surface area contributed by atoms with E-state index < -0.39 is 16.4 Å². The molecule has 13 bridgehead atoms. The Hall–Kier alpha value is -3.94. The Kier molecular flexibility index (Phi) is 7.93. The number of carbonyl (C=O) groups excluding carboxylic acids is 2. The molecule has 5 aliphatic carbocycles. The molecule has 2 N–H and O–H groups in total. The molecule has 0 aromatic heterocycles. The van der Waals surface area contributed by atoms with Gasteiger partial charge in [-0.1, -0.05) is 79.1 Å². The summed E-state index contributed by atoms with van der Waals surface area (Å²) in [6, 6.07) is 16.0. The molecule has 1 unspecified atom stereocenters. The molecule has 11 atom stereocenters. The maximum Gasteiger partial charge on any atom is 0.339 e. The lowest BCUT2D eigenvalue weighted by atomic mass is 9.29. The van der Waals surface area contributed by atoms with Crippen LogP contribution in [0.2, 0.25) is 0 Å². The second-order valence-corrected chi connectivity index (χ2v) is 20.2. The molecule has 0 amide bonds. The molecule has 3 saturated heterocycles. The van der Waals surface area contributed by atoms with Crippen molar-refractivity contribution >= 4 is 11.9 Å². The largest absolute Gasteiger partial charge is 0.449 e. The molecule has 1 saturated carbocycles. The molecule has 58 heavy (non-hydrogen) atoms. The van der Waals surface area contributed by atoms with E-state index in [-0.39, 0.29) is 23.8 Å². The molecule has 2 aromatic carbocycles. The molecule has 2 aromatic rings. The molecule has 8 heterocycles. The highest BCUT2D eigenvalue weighted by atomic mass is 16.6. The van der Waals surface area contributed by atoms with Crippen molar-refractivity contribution in [1.82, 2.24) is 9.80 Å². The van der Waals surface area contributed by atoms with Crippen LogP contribution in [0.5, 0.6) is 0 Å². The van der Waals surface area contributed by atoms with E-state index in [2.05, 4.69) is 84.3 Å². The predicted molar refractivity (Wildman–Crippen MR) is 223 cm³/mol. The second-order valence-electron chi connectivity index (χ2n) is 20.2. The lowest BCUT2D eigenvalue weighted by Gasteiger charge is -2.71. The number of allylic oxidation sites excluding steroid dienone is 4. The lowest BCUT2D eigenvalue weighted by molar-refractivity contribution is -0.275. The Morgan fingerprint density at radius 1 is 0.931 bits per heavy atom. The minimum Gasteiger partial charge on any atom is -0.449 e. The summed E-state index contributed by atoms with van der Waals surface area (Å²) in [5, 5.41) is 0. The molecule has 3 spiro atoms. The van der Waals surface area contributed by atoms with Gasteiger partial charge in [0.05, 0.1) is 11.0 Å². The first-order valence-corrected chi connectivity index (χ1v) is 23.0. The minimum atomic E-state index is -0.992. The number of rotatable bonds is 3. The first-order chi connectivity index (χ1) is 28.3. The summed E-state index contributed by atoms with van der Waals surface area (Å²) in [5.41, 5.74) is 14.5. The SMILES string of the molecule is C[C@H]1CC=C2[C@H]3C4=C5C=C(Cc6cccc(c6)CCCC[C@H]6[C@]57C(=O)O/C(=C/C[C@H](C)N5C[C@@H]8C[C@@H](CN2C8)C5)[C@@]7(CC4)[C@]62OC(=O)c4c(CCCN)cccc42)[C@@H]31. The van der Waals surface area contributed by atoms with Crippen LogP contribution in [0, 0.1) is 46.3 Å². The zero-order valence-electron chi connectivity index (χ0n) is 34.4. The van der Waals surface area contributed by atoms with Gasteiger partial charge >= 0.3 is 11.9 Å². The van der Waals surface area contributed by atoms with Crippen molar-refractivity contribution in [2.24, 2.45) is 52.1 Å². The number of carbonyl (C=O) groups is 2. The first kappa shape index (κ1) is 36.0. The smallest absolute Gasteiger partial charge is 0.339 e. The van der Waals surface area contributed by atoms with Crippen molar-refractivity contribution in [3.63, 3.8) is 0 Å². The normalized spacial score (nSPS) is 41.2. The summed E-state index contributed by atoms with van der Waals surface area (Å²) in [6.07, 6.45) is 18.5. The van der Waals surface area contributed by atoms with Gasteiger partial charge in [-0.25, -0.2) is 4.79 Å². The van der Waals surface area contributed by atoms with Crippen LogP contribution in [-0.4, -0.2) is 60.5 Å². The van der Waals surface area contributed by atoms with Gasteiger partial charge in [-0.15, -0.1) is 0 Å². The summed E-state index contributed by atoms with van der Waals surface area (Å²) < 4.78 is 14.1. The van der Waals surface area contributed by atoms with Crippen LogP contribution in [0.1, 0.15) is 104 Å². The van der Waals surface area contributed by atoms with Crippen LogP contribution in [-0.2, 0) is 39.1 Å². The van der Waals surface area contributed by atoms with Gasteiger partial charge in [0.15, 0.2) is 5.60 Å². The summed E-state index contributed by atoms with van der Waals surface area (Å²) in [5.74, 6) is 2.59. The van der Waals surface area contributed by atoms with Gasteiger partial charge in [-0.2, -0.15) is 0 Å². The van der Waals surface area contributed by atoms with E-state index in [4.69, 9.17) is 15.2 Å². The number of aryl methyl sites for hydroxylation is 2. The number of hydrogen-bond acceptors (Lipinski definition) is 7. The Morgan fingerprint density at radius 2 is 1.76 bits per heavy atom. The van der Waals surface area contributed by atoms with E-state index >= 15 is 4.79 Å². The van der Waals surface area contributed by atoms with Crippen LogP contribution in [0.15, 0.2) is 88.9 Å². The second kappa shape index (κ2) is 12.8. The van der Waals surface area contributed by atoms with E-state index in [0.29, 0.717) is 41.8 Å². The molecule has 0 radical (unpaired) electrons. The molecule has 7 nitrogen and oxygen atoms in total. The van der Waals surface area contributed by atoms with E-state index in [9.17, 15) is 4.79 Å². The fourth-order valence-electron chi connectivity index (χ4n) is 15.4. The Balaban J connectivity index is 1.15. The van der Waals surface area contributed by atoms with Crippen molar-refractivity contribution in [3.8, 4) is 0 Å². The number of esters is 2. The van der Waals surface area contributed by atoms with E-state index in [0.717, 1.165) is 114 Å². The van der Waals surface area contributed by atoms with Gasteiger partial charge in [0.2, 0.25) is 0 Å². The molecule has 4 fully saturated rings. The molecular weight excluding hydrogens is 719 g/mol. The molecule has 15 rings (SSSR count). The van der Waals surface area contributed by atoms with Crippen LogP contribution in [0.25, 0.3) is 0 Å². The average molecular weight is 778 g/mol. The van der Waals surface area contributed by atoms with Crippen molar-refractivity contribution in [1.29, 1.82) is 0 Å². The summed E-state index contributed by atoms with van der Waals surface area (Å²) >= 11 is 0. The number of benzene rings is 2. The fourth-order valence-corrected chi connectivity index (χ4v) is 15.4. The Morgan fingerprint density at radius 3 is 2.60 bits per heavy atom. The monoisotopic (exact) mass is 777 g/mol. The zero-order chi connectivity index (χ0) is 39.1. The number of nitrogens with zero attached hydrogens (tertiary/aromatic N) is 2. The van der Waals surface area contributed by atoms with Crippen molar-refractivity contribution in [2.45, 2.75) is 103 Å². The van der Waals surface area contributed by atoms with Crippen molar-refractivity contribution < 1.29 is 19.1 Å². The Labute approximate surface area is 343 Å². The standard InChI is InChI=1S/C51H59N3O4/c1-30-15-17-41-46-38-19-20-49-43(18-16-31(2)53-26-34-23-35(27-53)29-54(41)28-34)57-48(56)50(49)40(38)25-37(44(30)46)24-33-10-5-9-32(22-33)8-3-4-14-42(50)51(49)39-13-6-11-36(12-7-21-52)45(39)47(55)58-51/h5-6,9-11,13,17-18,22,25,30-31,34-35,42,44,46H,3-4,7-8,12,14-16,19-21,23-24,26-29,52H2,1-2H3/b43-18+/t30-,31-,34-,35+,42-,44-,46+,49+,50-,51+/m0/s1. The summed E-state index contributed by atoms with van der Waals surface area (Å²) in [6.45, 7) is 9.89. The van der Waals surface area contributed by atoms with Crippen molar-refractivity contribution in [2.75, 3.05) is 32.7 Å². The van der Waals surface area contributed by atoms with Crippen molar-refractivity contribution in [3.05, 3.63) is 117 Å². The van der Waals surface area contributed by atoms with Crippen LogP contribution in [0.3, 0.4) is 0 Å². The van der Waals surface area contributed by atoms with E-state index in [1.165, 1.54) is 40.0 Å². The third-order valence-corrected chi connectivity index (χ3v) is 17.4. The highest BCUT2D eigenvalue weighted by Gasteiger charge is 2.92. The van der Waals surface area contributed by atoms with Gasteiger partial charge in [-0.3, -0.25) is 9.69 Å². The van der Waals surface area contributed by atoms with Crippen LogP contribution < -0.4 is 5.73 Å². The highest BCUT2D eigenvalue weighted by molar-refractivity contribution is 6.00. The maximum atomic E-state index is 15.8. The molecule has 7 heteroatoms. The number of fused-ring (bicyclic) bond motifs is 6. The minimum absolute atomic E-state index is 0.106. The fraction of sp³-hybridized carbons (Fsp3) is 0.569. The maximum absolute atomic E-state index is 15.8. The third kappa shape index (κ3) is 4.48. The zero-order valence-corrected chi connectivity index (χ0v) is 34.4. The van der Waals surface area contributed by atoms with Crippen LogP contribution in [0.4, 0.5) is 0 Å². The number of nitrogens with two attached hydrogens (primary N) is 1. The lowest BCUT2D eigenvalue weighted by Crippen LogP contribution is -2.77. The highest BCUT2D eigenvalue weighted by Crippen LogP contribution is 2.87. The average Bonchev–Trinajstić information content (AvgIpc) is 3.66. The summed E-state index contributed by atoms with van der Waals surface area (Å²) in [7, 11) is 0. The van der Waals surface area contributed by atoms with E-state index in [1.807, 2.05) is 0 Å². The third-order valence-electron chi connectivity index (χ3n) is 17.4. The molecular formula is C51H59N3O4. The van der Waals surface area contributed by atoms with Crippen LogP contribution >= 0.6 is 0 Å². The predicted octanol–water partition coefficient (Wildman–Crippen LogP) is 8.19. The first-order valence-electron chi connectivity index (χ1n) is 23.0. The molecule has 13 aliphatic rings. The Bertz CT molecular complexity index is 2250. The van der Waals surface area contributed by atoms with Gasteiger partial charge in [0, 0.05) is 55.3 Å². The molecule has 8 aliphatic heterocycles. The quantitative estimate of drug-likeness (QED) is 0.315. The topological polar surface area (TPSA) is 85.1 Å². The molecule has 302 valence electrons. The van der Waals surface area contributed by atoms with Gasteiger partial charge in [0.25, 0.3) is 0 Å². The van der Waals surface area contributed by atoms with Gasteiger partial charge in [-0.05, 0) is 136 Å². The summed E-state index contributed by atoms with van der Waals surface area (Å²) in [4.78, 5) is 36.0. The number of piperidine rings is 2.